The lowest BCUT2D eigenvalue weighted by Crippen LogP contribution is -2.37. The number of methoxy groups -OCH3 is 1. The van der Waals surface area contributed by atoms with Crippen LogP contribution in [0.3, 0.4) is 0 Å². The second-order valence-corrected chi connectivity index (χ2v) is 5.30. The van der Waals surface area contributed by atoms with Crippen LogP contribution in [0.4, 0.5) is 0 Å². The molecular formula is C14H21NO4. The Morgan fingerprint density at radius 1 is 1.26 bits per heavy atom. The van der Waals surface area contributed by atoms with Crippen LogP contribution in [0.25, 0.3) is 0 Å². The summed E-state index contributed by atoms with van der Waals surface area (Å²) >= 11 is 0. The van der Waals surface area contributed by atoms with E-state index in [9.17, 15) is 4.79 Å². The van der Waals surface area contributed by atoms with E-state index in [1.165, 1.54) is 7.11 Å². The first-order valence-corrected chi connectivity index (χ1v) is 6.05. The lowest BCUT2D eigenvalue weighted by molar-refractivity contribution is -0.142. The van der Waals surface area contributed by atoms with Crippen molar-refractivity contribution in [3.05, 3.63) is 29.8 Å². The van der Waals surface area contributed by atoms with E-state index in [1.54, 1.807) is 24.3 Å². The Bertz CT molecular complexity index is 422. The van der Waals surface area contributed by atoms with Crippen molar-refractivity contribution in [3.63, 3.8) is 0 Å². The van der Waals surface area contributed by atoms with Gasteiger partial charge in [0.15, 0.2) is 0 Å². The molecule has 0 saturated carbocycles. The molecule has 0 radical (unpaired) electrons. The lowest BCUT2D eigenvalue weighted by Gasteiger charge is -2.23. The van der Waals surface area contributed by atoms with Crippen molar-refractivity contribution in [1.29, 1.82) is 0 Å². The summed E-state index contributed by atoms with van der Waals surface area (Å²) in [5.41, 5.74) is 6.02. The van der Waals surface area contributed by atoms with E-state index in [1.807, 2.05) is 20.8 Å². The summed E-state index contributed by atoms with van der Waals surface area (Å²) in [6.45, 7) is 5.87. The first-order chi connectivity index (χ1) is 8.74. The Kier molecular flexibility index (Phi) is 4.91. The van der Waals surface area contributed by atoms with Crippen LogP contribution in [0.15, 0.2) is 24.3 Å². The molecule has 0 unspecified atom stereocenters. The van der Waals surface area contributed by atoms with Crippen LogP contribution in [0.5, 0.6) is 5.75 Å². The first kappa shape index (κ1) is 15.5. The number of benzene rings is 1. The van der Waals surface area contributed by atoms with E-state index in [0.29, 0.717) is 5.56 Å². The molecule has 0 bridgehead atoms. The molecule has 5 heteroatoms. The fraction of sp³-hybridized carbons (Fsp3) is 0.500. The summed E-state index contributed by atoms with van der Waals surface area (Å²) in [7, 11) is 1.44. The highest BCUT2D eigenvalue weighted by Crippen LogP contribution is 2.24. The summed E-state index contributed by atoms with van der Waals surface area (Å²) in [5, 5.41) is 8.92. The molecular weight excluding hydrogens is 246 g/mol. The number of hydrogen-bond donors (Lipinski definition) is 2. The summed E-state index contributed by atoms with van der Waals surface area (Å²) < 4.78 is 10.8. The minimum atomic E-state index is -1.10. The molecule has 106 valence electrons. The Hall–Kier alpha value is -1.59. The number of carbonyl (C=O) groups is 1. The van der Waals surface area contributed by atoms with Crippen molar-refractivity contribution in [2.24, 2.45) is 5.73 Å². The molecule has 1 aromatic carbocycles. The Morgan fingerprint density at radius 3 is 2.16 bits per heavy atom. The Balaban J connectivity index is 2.87. The van der Waals surface area contributed by atoms with Gasteiger partial charge in [-0.3, -0.25) is 4.79 Å². The number of ether oxygens (including phenoxy) is 2. The van der Waals surface area contributed by atoms with Crippen LogP contribution < -0.4 is 10.5 Å². The van der Waals surface area contributed by atoms with Gasteiger partial charge in [-0.15, -0.1) is 0 Å². The second-order valence-electron chi connectivity index (χ2n) is 5.30. The van der Waals surface area contributed by atoms with Gasteiger partial charge in [-0.1, -0.05) is 12.1 Å². The van der Waals surface area contributed by atoms with Crippen LogP contribution in [0.1, 0.15) is 32.4 Å². The predicted molar refractivity (Wildman–Crippen MR) is 72.2 cm³/mol. The third-order valence-corrected chi connectivity index (χ3v) is 2.50. The summed E-state index contributed by atoms with van der Waals surface area (Å²) in [6, 6.07) is 5.98. The van der Waals surface area contributed by atoms with Crippen LogP contribution >= 0.6 is 0 Å². The average Bonchev–Trinajstić information content (AvgIpc) is 2.30. The van der Waals surface area contributed by atoms with Crippen molar-refractivity contribution in [1.82, 2.24) is 0 Å². The molecule has 0 fully saturated rings. The molecule has 0 spiro atoms. The molecule has 1 rings (SSSR count). The van der Waals surface area contributed by atoms with Gasteiger partial charge < -0.3 is 20.3 Å². The topological polar surface area (TPSA) is 81.8 Å². The molecule has 1 aromatic rings. The third-order valence-electron chi connectivity index (χ3n) is 2.50. The van der Waals surface area contributed by atoms with Crippen molar-refractivity contribution >= 4 is 5.97 Å². The molecule has 2 atom stereocenters. The minimum Gasteiger partial charge on any atom is -0.488 e. The number of aliphatic carboxylic acids is 1. The van der Waals surface area contributed by atoms with Crippen LogP contribution in [-0.4, -0.2) is 29.8 Å². The van der Waals surface area contributed by atoms with Gasteiger partial charge >= 0.3 is 5.97 Å². The highest BCUT2D eigenvalue weighted by molar-refractivity contribution is 5.74. The fourth-order valence-corrected chi connectivity index (χ4v) is 1.70. The van der Waals surface area contributed by atoms with Crippen LogP contribution in [0, 0.1) is 0 Å². The van der Waals surface area contributed by atoms with Gasteiger partial charge in [0.05, 0.1) is 0 Å². The first-order valence-electron chi connectivity index (χ1n) is 6.05. The highest BCUT2D eigenvalue weighted by Gasteiger charge is 2.25. The smallest absolute Gasteiger partial charge is 0.323 e. The van der Waals surface area contributed by atoms with E-state index in [-0.39, 0.29) is 5.60 Å². The molecule has 0 aliphatic carbocycles. The highest BCUT2D eigenvalue weighted by atomic mass is 16.5. The summed E-state index contributed by atoms with van der Waals surface area (Å²) in [4.78, 5) is 10.9. The third kappa shape index (κ3) is 4.54. The number of carboxylic acids is 1. The number of rotatable bonds is 5. The van der Waals surface area contributed by atoms with Gasteiger partial charge in [-0.2, -0.15) is 0 Å². The van der Waals surface area contributed by atoms with E-state index >= 15 is 0 Å². The van der Waals surface area contributed by atoms with Gasteiger partial charge in [0.25, 0.3) is 0 Å². The molecule has 5 nitrogen and oxygen atoms in total. The monoisotopic (exact) mass is 267 g/mol. The SMILES string of the molecule is CO[C@@H](c1ccc(OC(C)(C)C)cc1)[C@H](N)C(=O)O. The standard InChI is InChI=1S/C14H21NO4/c1-14(2,3)19-10-7-5-9(6-8-10)12(18-4)11(15)13(16)17/h5-8,11-12H,15H2,1-4H3,(H,16,17)/t11-,12-/m0/s1. The predicted octanol–water partition coefficient (Wildman–Crippen LogP) is 1.96. The van der Waals surface area contributed by atoms with Crippen LogP contribution in [-0.2, 0) is 9.53 Å². The number of carboxylic acid groups (broad SMARTS) is 1. The molecule has 0 aliphatic heterocycles. The number of hydrogen-bond acceptors (Lipinski definition) is 4. The quantitative estimate of drug-likeness (QED) is 0.852. The average molecular weight is 267 g/mol. The molecule has 0 heterocycles. The largest absolute Gasteiger partial charge is 0.488 e. The maximum atomic E-state index is 10.9. The zero-order valence-electron chi connectivity index (χ0n) is 11.7. The fourth-order valence-electron chi connectivity index (χ4n) is 1.70. The Morgan fingerprint density at radius 2 is 1.79 bits per heavy atom. The molecule has 0 aromatic heterocycles. The van der Waals surface area contributed by atoms with Crippen molar-refractivity contribution in [2.45, 2.75) is 38.5 Å². The Labute approximate surface area is 113 Å². The van der Waals surface area contributed by atoms with Crippen LogP contribution in [0.2, 0.25) is 0 Å². The molecule has 0 amide bonds. The van der Waals surface area contributed by atoms with Gasteiger partial charge in [-0.25, -0.2) is 0 Å². The van der Waals surface area contributed by atoms with E-state index in [2.05, 4.69) is 0 Å². The van der Waals surface area contributed by atoms with Crippen molar-refractivity contribution < 1.29 is 19.4 Å². The normalized spacial score (nSPS) is 14.8. The zero-order chi connectivity index (χ0) is 14.6. The second kappa shape index (κ2) is 6.04. The maximum Gasteiger partial charge on any atom is 0.323 e. The van der Waals surface area contributed by atoms with E-state index in [4.69, 9.17) is 20.3 Å². The minimum absolute atomic E-state index is 0.278. The zero-order valence-corrected chi connectivity index (χ0v) is 11.7. The molecule has 19 heavy (non-hydrogen) atoms. The summed E-state index contributed by atoms with van der Waals surface area (Å²) in [6.07, 6.45) is -0.679. The molecule has 3 N–H and O–H groups in total. The van der Waals surface area contributed by atoms with Crippen molar-refractivity contribution in [3.8, 4) is 5.75 Å². The van der Waals surface area contributed by atoms with Gasteiger partial charge in [0, 0.05) is 7.11 Å². The van der Waals surface area contributed by atoms with Gasteiger partial charge in [0.1, 0.15) is 23.5 Å². The van der Waals surface area contributed by atoms with E-state index < -0.39 is 18.1 Å². The maximum absolute atomic E-state index is 10.9. The molecule has 0 aliphatic rings. The van der Waals surface area contributed by atoms with E-state index in [0.717, 1.165) is 5.75 Å². The van der Waals surface area contributed by atoms with Crippen molar-refractivity contribution in [2.75, 3.05) is 7.11 Å². The van der Waals surface area contributed by atoms with Gasteiger partial charge in [-0.05, 0) is 38.5 Å². The summed E-state index contributed by atoms with van der Waals surface area (Å²) in [5.74, 6) is -0.378. The molecule has 0 saturated heterocycles. The number of nitrogens with two attached hydrogens (primary N) is 1. The lowest BCUT2D eigenvalue weighted by atomic mass is 10.0. The van der Waals surface area contributed by atoms with Gasteiger partial charge in [0.2, 0.25) is 0 Å².